The van der Waals surface area contributed by atoms with Gasteiger partial charge in [-0.1, -0.05) is 20.3 Å². The van der Waals surface area contributed by atoms with Crippen molar-refractivity contribution >= 4 is 5.84 Å². The quantitative estimate of drug-likeness (QED) is 0.658. The van der Waals surface area contributed by atoms with Crippen LogP contribution in [0.25, 0.3) is 0 Å². The zero-order chi connectivity index (χ0) is 8.27. The highest BCUT2D eigenvalue weighted by Gasteiger charge is 2.16. The van der Waals surface area contributed by atoms with Crippen molar-refractivity contribution in [1.29, 1.82) is 0 Å². The van der Waals surface area contributed by atoms with E-state index in [0.29, 0.717) is 12.0 Å². The van der Waals surface area contributed by atoms with Gasteiger partial charge in [0.15, 0.2) is 0 Å². The Hall–Kier alpha value is -0.530. The molecule has 1 N–H and O–H groups in total. The Morgan fingerprint density at radius 3 is 2.91 bits per heavy atom. The van der Waals surface area contributed by atoms with Gasteiger partial charge in [-0.15, -0.1) is 0 Å². The first-order valence-electron chi connectivity index (χ1n) is 4.55. The molecule has 0 radical (unpaired) electrons. The van der Waals surface area contributed by atoms with Gasteiger partial charge in [0.2, 0.25) is 0 Å². The molecule has 0 spiro atoms. The van der Waals surface area contributed by atoms with Gasteiger partial charge in [0.25, 0.3) is 0 Å². The van der Waals surface area contributed by atoms with Crippen LogP contribution in [-0.2, 0) is 0 Å². The summed E-state index contributed by atoms with van der Waals surface area (Å²) in [5.74, 6) is 1.85. The average molecular weight is 154 g/mol. The summed E-state index contributed by atoms with van der Waals surface area (Å²) in [6, 6.07) is 0.560. The van der Waals surface area contributed by atoms with E-state index in [9.17, 15) is 0 Å². The third-order valence-corrected chi connectivity index (χ3v) is 2.12. The monoisotopic (exact) mass is 154 g/mol. The number of amidine groups is 1. The van der Waals surface area contributed by atoms with Crippen LogP contribution in [0.1, 0.15) is 33.6 Å². The fraction of sp³-hybridized carbons (Fsp3) is 0.889. The van der Waals surface area contributed by atoms with Gasteiger partial charge in [-0.25, -0.2) is 0 Å². The molecule has 0 saturated heterocycles. The van der Waals surface area contributed by atoms with Gasteiger partial charge in [-0.05, 0) is 13.3 Å². The largest absolute Gasteiger partial charge is 0.369 e. The lowest BCUT2D eigenvalue weighted by atomic mass is 10.1. The van der Waals surface area contributed by atoms with Gasteiger partial charge in [-0.2, -0.15) is 0 Å². The lowest BCUT2D eigenvalue weighted by molar-refractivity contribution is 0.637. The minimum absolute atomic E-state index is 0.560. The van der Waals surface area contributed by atoms with Gasteiger partial charge in [0.1, 0.15) is 0 Å². The first kappa shape index (κ1) is 8.57. The number of nitrogens with one attached hydrogen (secondary N) is 1. The van der Waals surface area contributed by atoms with Crippen molar-refractivity contribution in [2.45, 2.75) is 39.7 Å². The summed E-state index contributed by atoms with van der Waals surface area (Å²) in [4.78, 5) is 4.44. The van der Waals surface area contributed by atoms with E-state index in [1.165, 1.54) is 18.7 Å². The minimum atomic E-state index is 0.560. The summed E-state index contributed by atoms with van der Waals surface area (Å²) in [5.41, 5.74) is 0. The van der Waals surface area contributed by atoms with E-state index in [4.69, 9.17) is 0 Å². The summed E-state index contributed by atoms with van der Waals surface area (Å²) in [5, 5.41) is 3.39. The second-order valence-electron chi connectivity index (χ2n) is 3.46. The predicted molar refractivity (Wildman–Crippen MR) is 49.0 cm³/mol. The van der Waals surface area contributed by atoms with Crippen molar-refractivity contribution in [3.8, 4) is 0 Å². The van der Waals surface area contributed by atoms with E-state index in [1.54, 1.807) is 0 Å². The SMILES string of the molecule is CCCC(C)C1=NC[C@H](C)N1. The molecule has 0 fully saturated rings. The van der Waals surface area contributed by atoms with Crippen molar-refractivity contribution in [2.75, 3.05) is 6.54 Å². The number of hydrogen-bond donors (Lipinski definition) is 1. The maximum atomic E-state index is 4.44. The van der Waals surface area contributed by atoms with Gasteiger partial charge in [0.05, 0.1) is 12.4 Å². The number of rotatable bonds is 3. The maximum Gasteiger partial charge on any atom is 0.0995 e. The minimum Gasteiger partial charge on any atom is -0.369 e. The van der Waals surface area contributed by atoms with E-state index in [0.717, 1.165) is 6.54 Å². The van der Waals surface area contributed by atoms with Crippen molar-refractivity contribution in [3.05, 3.63) is 0 Å². The highest BCUT2D eigenvalue weighted by Crippen LogP contribution is 2.10. The van der Waals surface area contributed by atoms with Gasteiger partial charge in [-0.3, -0.25) is 4.99 Å². The van der Waals surface area contributed by atoms with Gasteiger partial charge < -0.3 is 5.32 Å². The molecule has 0 amide bonds. The molecule has 2 nitrogen and oxygen atoms in total. The van der Waals surface area contributed by atoms with Crippen LogP contribution >= 0.6 is 0 Å². The molecule has 0 aromatic heterocycles. The Bertz CT molecular complexity index is 152. The third-order valence-electron chi connectivity index (χ3n) is 2.12. The van der Waals surface area contributed by atoms with Crippen LogP contribution in [0.15, 0.2) is 4.99 Å². The molecule has 0 saturated carbocycles. The number of aliphatic imine (C=N–C) groups is 1. The molecule has 11 heavy (non-hydrogen) atoms. The Morgan fingerprint density at radius 2 is 2.45 bits per heavy atom. The summed E-state index contributed by atoms with van der Waals surface area (Å²) >= 11 is 0. The molecule has 1 aliphatic rings. The van der Waals surface area contributed by atoms with E-state index >= 15 is 0 Å². The summed E-state index contributed by atoms with van der Waals surface area (Å²) < 4.78 is 0. The summed E-state index contributed by atoms with van der Waals surface area (Å²) in [6.07, 6.45) is 2.49. The number of nitrogens with zero attached hydrogens (tertiary/aromatic N) is 1. The lowest BCUT2D eigenvalue weighted by Gasteiger charge is -2.12. The highest BCUT2D eigenvalue weighted by atomic mass is 15.1. The normalized spacial score (nSPS) is 26.1. The molecule has 2 heteroatoms. The first-order chi connectivity index (χ1) is 5.24. The van der Waals surface area contributed by atoms with E-state index in [-0.39, 0.29) is 0 Å². The molecule has 0 bridgehead atoms. The molecular formula is C9H18N2. The van der Waals surface area contributed by atoms with Crippen LogP contribution in [0, 0.1) is 5.92 Å². The van der Waals surface area contributed by atoms with Crippen molar-refractivity contribution in [2.24, 2.45) is 10.9 Å². The first-order valence-corrected chi connectivity index (χ1v) is 4.55. The molecule has 1 heterocycles. The van der Waals surface area contributed by atoms with Gasteiger partial charge >= 0.3 is 0 Å². The Balaban J connectivity index is 2.36. The van der Waals surface area contributed by atoms with E-state index < -0.39 is 0 Å². The number of hydrogen-bond acceptors (Lipinski definition) is 2. The van der Waals surface area contributed by atoms with Crippen LogP contribution in [0.3, 0.4) is 0 Å². The second-order valence-corrected chi connectivity index (χ2v) is 3.46. The molecule has 1 rings (SSSR count). The molecule has 0 aromatic carbocycles. The third kappa shape index (κ3) is 2.21. The van der Waals surface area contributed by atoms with Crippen molar-refractivity contribution in [3.63, 3.8) is 0 Å². The molecule has 2 atom stereocenters. The van der Waals surface area contributed by atoms with E-state index in [2.05, 4.69) is 31.1 Å². The summed E-state index contributed by atoms with van der Waals surface area (Å²) in [6.45, 7) is 7.60. The Kier molecular flexibility index (Phi) is 2.92. The van der Waals surface area contributed by atoms with Crippen LogP contribution in [-0.4, -0.2) is 18.4 Å². The van der Waals surface area contributed by atoms with Crippen molar-refractivity contribution in [1.82, 2.24) is 5.32 Å². The average Bonchev–Trinajstić information content (AvgIpc) is 2.36. The molecule has 64 valence electrons. The Morgan fingerprint density at radius 1 is 1.73 bits per heavy atom. The second kappa shape index (κ2) is 3.74. The van der Waals surface area contributed by atoms with Crippen molar-refractivity contribution < 1.29 is 0 Å². The highest BCUT2D eigenvalue weighted by molar-refractivity contribution is 5.85. The predicted octanol–water partition coefficient (Wildman–Crippen LogP) is 1.81. The fourth-order valence-electron chi connectivity index (χ4n) is 1.45. The molecule has 0 aromatic rings. The van der Waals surface area contributed by atoms with Crippen LogP contribution < -0.4 is 5.32 Å². The summed E-state index contributed by atoms with van der Waals surface area (Å²) in [7, 11) is 0. The van der Waals surface area contributed by atoms with E-state index in [1.807, 2.05) is 0 Å². The van der Waals surface area contributed by atoms with Gasteiger partial charge in [0, 0.05) is 12.0 Å². The van der Waals surface area contributed by atoms with Crippen LogP contribution in [0.4, 0.5) is 0 Å². The fourth-order valence-corrected chi connectivity index (χ4v) is 1.45. The smallest absolute Gasteiger partial charge is 0.0995 e. The topological polar surface area (TPSA) is 24.4 Å². The lowest BCUT2D eigenvalue weighted by Crippen LogP contribution is -2.31. The molecule has 0 aliphatic carbocycles. The molecule has 1 aliphatic heterocycles. The zero-order valence-corrected chi connectivity index (χ0v) is 7.72. The standard InChI is InChI=1S/C9H18N2/c1-4-5-7(2)9-10-6-8(3)11-9/h7-8H,4-6H2,1-3H3,(H,10,11)/t7?,8-/m0/s1. The Labute approximate surface area is 69.1 Å². The zero-order valence-electron chi connectivity index (χ0n) is 7.72. The maximum absolute atomic E-state index is 4.44. The molecular weight excluding hydrogens is 136 g/mol. The van der Waals surface area contributed by atoms with Crippen LogP contribution in [0.5, 0.6) is 0 Å². The van der Waals surface area contributed by atoms with Crippen LogP contribution in [0.2, 0.25) is 0 Å². The molecule has 1 unspecified atom stereocenters.